The Kier molecular flexibility index (Phi) is 4.57. The number of nitrogens with two attached hydrogens (primary N) is 1. The van der Waals surface area contributed by atoms with Crippen LogP contribution in [0.5, 0.6) is 0 Å². The van der Waals surface area contributed by atoms with Gasteiger partial charge in [-0.3, -0.25) is 14.5 Å². The SMILES string of the molecule is CC(C(=O)Nc1ccccc1N)N1CCNC(=O)CC1. The number of anilines is 2. The average molecular weight is 276 g/mol. The van der Waals surface area contributed by atoms with E-state index in [0.29, 0.717) is 37.4 Å². The molecule has 0 aliphatic carbocycles. The van der Waals surface area contributed by atoms with Crippen LogP contribution in [0, 0.1) is 0 Å². The van der Waals surface area contributed by atoms with Gasteiger partial charge in [-0.15, -0.1) is 0 Å². The summed E-state index contributed by atoms with van der Waals surface area (Å²) in [5, 5.41) is 5.62. The van der Waals surface area contributed by atoms with Gasteiger partial charge in [0.15, 0.2) is 0 Å². The Morgan fingerprint density at radius 1 is 1.40 bits per heavy atom. The zero-order valence-corrected chi connectivity index (χ0v) is 11.6. The largest absolute Gasteiger partial charge is 0.397 e. The van der Waals surface area contributed by atoms with Crippen molar-refractivity contribution in [2.45, 2.75) is 19.4 Å². The summed E-state index contributed by atoms with van der Waals surface area (Å²) in [6, 6.07) is 6.86. The number of nitrogens with zero attached hydrogens (tertiary/aromatic N) is 1. The minimum atomic E-state index is -0.303. The van der Waals surface area contributed by atoms with E-state index in [9.17, 15) is 9.59 Å². The van der Waals surface area contributed by atoms with E-state index in [1.54, 1.807) is 12.1 Å². The Morgan fingerprint density at radius 3 is 2.90 bits per heavy atom. The van der Waals surface area contributed by atoms with Crippen molar-refractivity contribution >= 4 is 23.2 Å². The lowest BCUT2D eigenvalue weighted by Crippen LogP contribution is -2.43. The molecule has 2 rings (SSSR count). The molecule has 1 aliphatic heterocycles. The fourth-order valence-electron chi connectivity index (χ4n) is 2.19. The number of rotatable bonds is 3. The third kappa shape index (κ3) is 3.48. The fraction of sp³-hybridized carbons (Fsp3) is 0.429. The van der Waals surface area contributed by atoms with Crippen molar-refractivity contribution in [3.8, 4) is 0 Å². The zero-order valence-electron chi connectivity index (χ0n) is 11.6. The van der Waals surface area contributed by atoms with Gasteiger partial charge in [0, 0.05) is 26.1 Å². The zero-order chi connectivity index (χ0) is 14.5. The summed E-state index contributed by atoms with van der Waals surface area (Å²) in [6.07, 6.45) is 0.422. The molecule has 6 heteroatoms. The number of benzene rings is 1. The lowest BCUT2D eigenvalue weighted by Gasteiger charge is -2.26. The van der Waals surface area contributed by atoms with E-state index in [4.69, 9.17) is 5.73 Å². The standard InChI is InChI=1S/C14H20N4O2/c1-10(18-8-6-13(19)16-7-9-18)14(20)17-12-5-3-2-4-11(12)15/h2-5,10H,6-9,15H2,1H3,(H,16,19)(H,17,20). The second-order valence-electron chi connectivity index (χ2n) is 4.89. The summed E-state index contributed by atoms with van der Waals surface area (Å²) in [5.41, 5.74) is 6.97. The first-order valence-electron chi connectivity index (χ1n) is 6.74. The Hall–Kier alpha value is -2.08. The van der Waals surface area contributed by atoms with Crippen LogP contribution in [0.2, 0.25) is 0 Å². The number of nitrogen functional groups attached to an aromatic ring is 1. The number of hydrogen-bond acceptors (Lipinski definition) is 4. The minimum Gasteiger partial charge on any atom is -0.397 e. The molecule has 1 aliphatic rings. The molecule has 20 heavy (non-hydrogen) atoms. The lowest BCUT2D eigenvalue weighted by molar-refractivity contribution is -0.122. The Labute approximate surface area is 118 Å². The van der Waals surface area contributed by atoms with Crippen LogP contribution in [0.4, 0.5) is 11.4 Å². The molecule has 1 aromatic carbocycles. The van der Waals surface area contributed by atoms with Crippen molar-refractivity contribution < 1.29 is 9.59 Å². The molecule has 6 nitrogen and oxygen atoms in total. The van der Waals surface area contributed by atoms with Gasteiger partial charge in [-0.25, -0.2) is 0 Å². The third-order valence-corrected chi connectivity index (χ3v) is 3.49. The van der Waals surface area contributed by atoms with Gasteiger partial charge in [-0.1, -0.05) is 12.1 Å². The van der Waals surface area contributed by atoms with Crippen molar-refractivity contribution in [3.63, 3.8) is 0 Å². The molecule has 1 fully saturated rings. The van der Waals surface area contributed by atoms with Crippen LogP contribution < -0.4 is 16.4 Å². The topological polar surface area (TPSA) is 87.5 Å². The molecule has 0 bridgehead atoms. The summed E-state index contributed by atoms with van der Waals surface area (Å²) in [4.78, 5) is 25.5. The van der Waals surface area contributed by atoms with Crippen molar-refractivity contribution in [2.75, 3.05) is 30.7 Å². The van der Waals surface area contributed by atoms with Gasteiger partial charge in [0.25, 0.3) is 0 Å². The van der Waals surface area contributed by atoms with Gasteiger partial charge in [0.1, 0.15) is 0 Å². The smallest absolute Gasteiger partial charge is 0.241 e. The van der Waals surface area contributed by atoms with Crippen LogP contribution in [-0.4, -0.2) is 42.4 Å². The lowest BCUT2D eigenvalue weighted by atomic mass is 10.2. The van der Waals surface area contributed by atoms with Crippen LogP contribution in [0.3, 0.4) is 0 Å². The fourth-order valence-corrected chi connectivity index (χ4v) is 2.19. The van der Waals surface area contributed by atoms with Gasteiger partial charge < -0.3 is 16.4 Å². The van der Waals surface area contributed by atoms with E-state index in [0.717, 1.165) is 0 Å². The molecule has 1 atom stereocenters. The van der Waals surface area contributed by atoms with Gasteiger partial charge >= 0.3 is 0 Å². The number of hydrogen-bond donors (Lipinski definition) is 3. The average Bonchev–Trinajstić information content (AvgIpc) is 2.65. The Morgan fingerprint density at radius 2 is 2.15 bits per heavy atom. The molecule has 0 spiro atoms. The number of amides is 2. The van der Waals surface area contributed by atoms with Crippen molar-refractivity contribution in [1.29, 1.82) is 0 Å². The number of carbonyl (C=O) groups is 2. The normalized spacial score (nSPS) is 17.9. The molecule has 1 heterocycles. The molecule has 0 saturated carbocycles. The summed E-state index contributed by atoms with van der Waals surface area (Å²) in [5.74, 6) is -0.0790. The quantitative estimate of drug-likeness (QED) is 0.698. The second kappa shape index (κ2) is 6.38. The van der Waals surface area contributed by atoms with Gasteiger partial charge in [-0.05, 0) is 19.1 Å². The monoisotopic (exact) mass is 276 g/mol. The van der Waals surface area contributed by atoms with Crippen molar-refractivity contribution in [1.82, 2.24) is 10.2 Å². The van der Waals surface area contributed by atoms with Crippen LogP contribution >= 0.6 is 0 Å². The Bertz CT molecular complexity index is 504. The predicted molar refractivity (Wildman–Crippen MR) is 78.1 cm³/mol. The van der Waals surface area contributed by atoms with Crippen LogP contribution in [0.25, 0.3) is 0 Å². The highest BCUT2D eigenvalue weighted by Gasteiger charge is 2.24. The molecule has 0 radical (unpaired) electrons. The molecule has 0 aromatic heterocycles. The van der Waals surface area contributed by atoms with E-state index in [2.05, 4.69) is 10.6 Å². The van der Waals surface area contributed by atoms with Crippen LogP contribution in [0.1, 0.15) is 13.3 Å². The summed E-state index contributed by atoms with van der Waals surface area (Å²) < 4.78 is 0. The summed E-state index contributed by atoms with van der Waals surface area (Å²) in [7, 11) is 0. The number of carbonyl (C=O) groups excluding carboxylic acids is 2. The minimum absolute atomic E-state index is 0.0346. The van der Waals surface area contributed by atoms with Gasteiger partial charge in [0.2, 0.25) is 11.8 Å². The van der Waals surface area contributed by atoms with Crippen molar-refractivity contribution in [3.05, 3.63) is 24.3 Å². The van der Waals surface area contributed by atoms with Crippen molar-refractivity contribution in [2.24, 2.45) is 0 Å². The summed E-state index contributed by atoms with van der Waals surface area (Å²) in [6.45, 7) is 3.67. The molecule has 1 unspecified atom stereocenters. The van der Waals surface area contributed by atoms with Crippen LogP contribution in [0.15, 0.2) is 24.3 Å². The molecule has 1 aromatic rings. The van der Waals surface area contributed by atoms with Gasteiger partial charge in [-0.2, -0.15) is 0 Å². The van der Waals surface area contributed by atoms with E-state index in [-0.39, 0.29) is 17.9 Å². The van der Waals surface area contributed by atoms with E-state index in [1.807, 2.05) is 24.0 Å². The maximum absolute atomic E-state index is 12.2. The highest BCUT2D eigenvalue weighted by Crippen LogP contribution is 2.17. The number of nitrogens with one attached hydrogen (secondary N) is 2. The van der Waals surface area contributed by atoms with E-state index >= 15 is 0 Å². The first-order chi connectivity index (χ1) is 9.58. The van der Waals surface area contributed by atoms with E-state index < -0.39 is 0 Å². The second-order valence-corrected chi connectivity index (χ2v) is 4.89. The number of para-hydroxylation sites is 2. The van der Waals surface area contributed by atoms with Crippen LogP contribution in [-0.2, 0) is 9.59 Å². The molecule has 2 amide bonds. The summed E-state index contributed by atoms with van der Waals surface area (Å²) >= 11 is 0. The third-order valence-electron chi connectivity index (χ3n) is 3.49. The first-order valence-corrected chi connectivity index (χ1v) is 6.74. The maximum atomic E-state index is 12.2. The highest BCUT2D eigenvalue weighted by atomic mass is 16.2. The maximum Gasteiger partial charge on any atom is 0.241 e. The predicted octanol–water partition coefficient (Wildman–Crippen LogP) is 0.418. The molecular weight excluding hydrogens is 256 g/mol. The first kappa shape index (κ1) is 14.3. The molecule has 1 saturated heterocycles. The Balaban J connectivity index is 1.98. The van der Waals surface area contributed by atoms with E-state index in [1.165, 1.54) is 0 Å². The highest BCUT2D eigenvalue weighted by molar-refractivity contribution is 5.97. The van der Waals surface area contributed by atoms with Gasteiger partial charge in [0.05, 0.1) is 17.4 Å². The molecule has 108 valence electrons. The molecular formula is C14H20N4O2. The molecule has 4 N–H and O–H groups in total.